The fourth-order valence-electron chi connectivity index (χ4n) is 4.15. The van der Waals surface area contributed by atoms with Gasteiger partial charge in [-0.05, 0) is 31.5 Å². The Balaban J connectivity index is 0.000000352. The number of methoxy groups -OCH3 is 1. The molecule has 14 nitrogen and oxygen atoms in total. The third-order valence-electron chi connectivity index (χ3n) is 6.40. The van der Waals surface area contributed by atoms with Crippen molar-refractivity contribution in [3.63, 3.8) is 0 Å². The Hall–Kier alpha value is -5.19. The van der Waals surface area contributed by atoms with E-state index in [-0.39, 0.29) is 12.1 Å². The summed E-state index contributed by atoms with van der Waals surface area (Å²) >= 11 is 6.67. The van der Waals surface area contributed by atoms with Gasteiger partial charge in [0.25, 0.3) is 0 Å². The van der Waals surface area contributed by atoms with E-state index >= 15 is 0 Å². The molecule has 3 aromatic heterocycles. The molecule has 280 valence electrons. The smallest absolute Gasteiger partial charge is 0.475 e. The van der Waals surface area contributed by atoms with Crippen molar-refractivity contribution in [3.8, 4) is 0 Å². The summed E-state index contributed by atoms with van der Waals surface area (Å²) in [4.78, 5) is 49.7. The van der Waals surface area contributed by atoms with E-state index in [4.69, 9.17) is 51.0 Å². The van der Waals surface area contributed by atoms with E-state index in [0.717, 1.165) is 41.7 Å². The number of nitrogens with zero attached hydrogens (tertiary/aromatic N) is 5. The van der Waals surface area contributed by atoms with Crippen molar-refractivity contribution >= 4 is 63.1 Å². The number of halogens is 10. The average Bonchev–Trinajstić information content (AvgIpc) is 3.71. The molecule has 51 heavy (non-hydrogen) atoms. The molecular formula is C27H25ClF9N7O7. The maximum Gasteiger partial charge on any atom is 0.490 e. The molecule has 0 radical (unpaired) electrons. The highest BCUT2D eigenvalue weighted by Gasteiger charge is 2.39. The number of pyridine rings is 1. The van der Waals surface area contributed by atoms with E-state index in [9.17, 15) is 39.5 Å². The summed E-state index contributed by atoms with van der Waals surface area (Å²) in [6.07, 6.45) is -9.11. The lowest BCUT2D eigenvalue weighted by molar-refractivity contribution is -0.193. The van der Waals surface area contributed by atoms with Crippen LogP contribution in [0.25, 0.3) is 22.1 Å². The van der Waals surface area contributed by atoms with Crippen molar-refractivity contribution in [1.29, 1.82) is 0 Å². The number of rotatable bonds is 5. The Morgan fingerprint density at radius 2 is 1.49 bits per heavy atom. The van der Waals surface area contributed by atoms with Crippen molar-refractivity contribution in [2.45, 2.75) is 44.0 Å². The van der Waals surface area contributed by atoms with Gasteiger partial charge >= 0.3 is 36.4 Å². The number of benzene rings is 1. The van der Waals surface area contributed by atoms with Crippen molar-refractivity contribution in [2.75, 3.05) is 30.4 Å². The largest absolute Gasteiger partial charge is 0.490 e. The number of carboxylic acids is 3. The third kappa shape index (κ3) is 12.0. The van der Waals surface area contributed by atoms with E-state index in [0.29, 0.717) is 22.0 Å². The summed E-state index contributed by atoms with van der Waals surface area (Å²) in [7, 11) is 1.77. The molecule has 2 atom stereocenters. The van der Waals surface area contributed by atoms with Crippen molar-refractivity contribution in [3.05, 3.63) is 47.6 Å². The number of aromatic amines is 1. The number of ether oxygens (including phenoxy) is 1. The summed E-state index contributed by atoms with van der Waals surface area (Å²) in [5.74, 6) is -7.60. The van der Waals surface area contributed by atoms with Gasteiger partial charge in [0, 0.05) is 37.3 Å². The van der Waals surface area contributed by atoms with Crippen LogP contribution in [0.15, 0.2) is 37.1 Å². The monoisotopic (exact) mass is 765 g/mol. The number of hydrogen-bond donors (Lipinski definition) is 5. The highest BCUT2D eigenvalue weighted by molar-refractivity contribution is 6.36. The predicted molar refractivity (Wildman–Crippen MR) is 159 cm³/mol. The molecule has 1 aromatic carbocycles. The molecule has 4 aromatic rings. The summed E-state index contributed by atoms with van der Waals surface area (Å²) < 4.78 is 101. The van der Waals surface area contributed by atoms with Gasteiger partial charge in [-0.3, -0.25) is 4.98 Å². The van der Waals surface area contributed by atoms with E-state index in [1.807, 2.05) is 24.4 Å². The van der Waals surface area contributed by atoms with Gasteiger partial charge in [0.2, 0.25) is 0 Å². The van der Waals surface area contributed by atoms with Crippen LogP contribution in [0, 0.1) is 0 Å². The Labute approximate surface area is 284 Å². The number of H-pyrrole nitrogens is 1. The van der Waals surface area contributed by atoms with Gasteiger partial charge in [-0.25, -0.2) is 29.3 Å². The molecule has 0 saturated carbocycles. The van der Waals surface area contributed by atoms with Gasteiger partial charge in [0.05, 0.1) is 34.7 Å². The van der Waals surface area contributed by atoms with Gasteiger partial charge in [-0.2, -0.15) is 39.5 Å². The van der Waals surface area contributed by atoms with Crippen molar-refractivity contribution in [1.82, 2.24) is 24.9 Å². The van der Waals surface area contributed by atoms with Crippen LogP contribution >= 0.6 is 11.6 Å². The molecule has 4 heterocycles. The lowest BCUT2D eigenvalue weighted by Crippen LogP contribution is -2.25. The fraction of sp³-hybridized carbons (Fsp3) is 0.370. The van der Waals surface area contributed by atoms with E-state index in [1.165, 1.54) is 6.33 Å². The van der Waals surface area contributed by atoms with Crippen LogP contribution in [0.1, 0.15) is 24.9 Å². The number of imidazole rings is 1. The molecule has 5 N–H and O–H groups in total. The predicted octanol–water partition coefficient (Wildman–Crippen LogP) is 5.85. The molecule has 0 bridgehead atoms. The topological polar surface area (TPSA) is 204 Å². The van der Waals surface area contributed by atoms with Gasteiger partial charge in [0.15, 0.2) is 11.5 Å². The first-order valence-electron chi connectivity index (χ1n) is 13.6. The average molecular weight is 766 g/mol. The Morgan fingerprint density at radius 3 is 1.98 bits per heavy atom. The number of anilines is 2. The third-order valence-corrected chi connectivity index (χ3v) is 6.72. The normalized spacial score (nSPS) is 15.1. The van der Waals surface area contributed by atoms with Crippen LogP contribution < -0.4 is 10.2 Å². The van der Waals surface area contributed by atoms with Crippen LogP contribution in [-0.4, -0.2) is 103 Å². The molecule has 1 fully saturated rings. The first-order valence-corrected chi connectivity index (χ1v) is 14.0. The fourth-order valence-corrected chi connectivity index (χ4v) is 4.42. The maximum atomic E-state index is 10.6. The first-order chi connectivity index (χ1) is 23.5. The van der Waals surface area contributed by atoms with E-state index in [2.05, 4.69) is 37.1 Å². The zero-order chi connectivity index (χ0) is 38.9. The summed E-state index contributed by atoms with van der Waals surface area (Å²) in [5, 5.41) is 26.5. The molecule has 24 heteroatoms. The molecule has 0 spiro atoms. The number of aliphatic carboxylic acids is 3. The van der Waals surface area contributed by atoms with E-state index < -0.39 is 36.4 Å². The minimum atomic E-state index is -5.08. The van der Waals surface area contributed by atoms with Crippen LogP contribution in [0.4, 0.5) is 51.0 Å². The van der Waals surface area contributed by atoms with Crippen molar-refractivity contribution in [2.24, 2.45) is 0 Å². The Bertz CT molecular complexity index is 1760. The molecular weight excluding hydrogens is 741 g/mol. The van der Waals surface area contributed by atoms with E-state index in [1.54, 1.807) is 13.4 Å². The summed E-state index contributed by atoms with van der Waals surface area (Å²) in [5.41, 5.74) is 4.45. The van der Waals surface area contributed by atoms with Gasteiger partial charge in [0.1, 0.15) is 11.8 Å². The molecule has 5 rings (SSSR count). The highest BCUT2D eigenvalue weighted by atomic mass is 35.5. The highest BCUT2D eigenvalue weighted by Crippen LogP contribution is 2.40. The SMILES string of the molecule is COC1CCN(c2c(C(C)Nc3ncnc4[nH]cnc34)cc(Cl)c3cccnc23)C1.O=C(O)C(F)(F)F.O=C(O)C(F)(F)F.O=C(O)C(F)(F)F. The number of carbonyl (C=O) groups is 3. The van der Waals surface area contributed by atoms with Gasteiger partial charge in [-0.15, -0.1) is 0 Å². The second kappa shape index (κ2) is 17.2. The number of nitrogens with one attached hydrogen (secondary N) is 2. The number of aromatic nitrogens is 5. The first kappa shape index (κ1) is 42.0. The summed E-state index contributed by atoms with van der Waals surface area (Å²) in [6, 6.07) is 5.87. The lowest BCUT2D eigenvalue weighted by Gasteiger charge is -2.27. The van der Waals surface area contributed by atoms with Gasteiger partial charge in [-0.1, -0.05) is 11.6 Å². The van der Waals surface area contributed by atoms with Crippen LogP contribution in [0.3, 0.4) is 0 Å². The second-order valence-electron chi connectivity index (χ2n) is 9.88. The minimum absolute atomic E-state index is 0.0831. The quantitative estimate of drug-likeness (QED) is 0.152. The van der Waals surface area contributed by atoms with Crippen LogP contribution in [0.5, 0.6) is 0 Å². The molecule has 0 amide bonds. The molecule has 1 aliphatic heterocycles. The molecule has 1 saturated heterocycles. The van der Waals surface area contributed by atoms with Crippen LogP contribution in [0.2, 0.25) is 5.02 Å². The minimum Gasteiger partial charge on any atom is -0.475 e. The number of carboxylic acid groups (broad SMARTS) is 3. The van der Waals surface area contributed by atoms with Crippen molar-refractivity contribution < 1.29 is 74.0 Å². The number of fused-ring (bicyclic) bond motifs is 2. The lowest BCUT2D eigenvalue weighted by atomic mass is 10.0. The Kier molecular flexibility index (Phi) is 14.1. The molecule has 1 aliphatic rings. The van der Waals surface area contributed by atoms with Crippen LogP contribution in [-0.2, 0) is 19.1 Å². The maximum absolute atomic E-state index is 10.6. The molecule has 0 aliphatic carbocycles. The second-order valence-corrected chi connectivity index (χ2v) is 10.3. The summed E-state index contributed by atoms with van der Waals surface area (Å²) in [6.45, 7) is 3.82. The van der Waals surface area contributed by atoms with Gasteiger partial charge < -0.3 is 35.3 Å². The zero-order valence-corrected chi connectivity index (χ0v) is 26.5. The number of hydrogen-bond acceptors (Lipinski definition) is 10. The standard InChI is InChI=1S/C21H22ClN7O.3C2HF3O2/c1-12(28-21-18-20(25-10-24-18)26-11-27-21)15-8-16(22)14-4-3-6-23-17(14)19(15)29-7-5-13(9-29)30-2;3*3-2(4,5)1(6)7/h3-4,6,8,10-13H,5,7,9H2,1-2H3,(H2,24,25,26,27,28);3*(H,6,7). The number of alkyl halides is 9. The molecule has 2 unspecified atom stereocenters. The zero-order valence-electron chi connectivity index (χ0n) is 25.7. The Morgan fingerprint density at radius 1 is 0.941 bits per heavy atom.